The van der Waals surface area contributed by atoms with Crippen molar-refractivity contribution in [2.75, 3.05) is 19.8 Å². The van der Waals surface area contributed by atoms with Gasteiger partial charge in [-0.1, -0.05) is 0 Å². The van der Waals surface area contributed by atoms with Crippen molar-refractivity contribution in [2.24, 2.45) is 5.92 Å². The van der Waals surface area contributed by atoms with E-state index < -0.39 is 0 Å². The molecule has 0 radical (unpaired) electrons. The first-order chi connectivity index (χ1) is 6.74. The Bertz CT molecular complexity index is 143. The van der Waals surface area contributed by atoms with Crippen LogP contribution in [0.2, 0.25) is 0 Å². The molecule has 2 unspecified atom stereocenters. The van der Waals surface area contributed by atoms with E-state index >= 15 is 0 Å². The minimum atomic E-state index is -0.321. The molecule has 1 rings (SSSR count). The van der Waals surface area contributed by atoms with E-state index in [0.29, 0.717) is 12.5 Å². The summed E-state index contributed by atoms with van der Waals surface area (Å²) >= 11 is 0. The largest absolute Gasteiger partial charge is 0.390 e. The van der Waals surface area contributed by atoms with E-state index in [4.69, 9.17) is 9.47 Å². The molecule has 1 N–H and O–H groups in total. The van der Waals surface area contributed by atoms with Crippen molar-refractivity contribution in [1.29, 1.82) is 0 Å². The molecule has 14 heavy (non-hydrogen) atoms. The molecule has 0 amide bonds. The van der Waals surface area contributed by atoms with Gasteiger partial charge >= 0.3 is 0 Å². The van der Waals surface area contributed by atoms with Gasteiger partial charge in [0, 0.05) is 19.8 Å². The first kappa shape index (κ1) is 12.0. The minimum Gasteiger partial charge on any atom is -0.390 e. The molecular weight excluding hydrogens is 180 g/mol. The Balaban J connectivity index is 2.20. The smallest absolute Gasteiger partial charge is 0.0805 e. The number of aliphatic hydroxyl groups excluding tert-OH is 1. The summed E-state index contributed by atoms with van der Waals surface area (Å²) in [5.41, 5.74) is 0. The van der Waals surface area contributed by atoms with Crippen LogP contribution >= 0.6 is 0 Å². The molecule has 0 saturated carbocycles. The number of hydrogen-bond acceptors (Lipinski definition) is 3. The highest BCUT2D eigenvalue weighted by Gasteiger charge is 2.21. The average Bonchev–Trinajstić information content (AvgIpc) is 2.19. The monoisotopic (exact) mass is 202 g/mol. The molecule has 84 valence electrons. The van der Waals surface area contributed by atoms with E-state index in [1.807, 2.05) is 13.8 Å². The number of rotatable bonds is 5. The quantitative estimate of drug-likeness (QED) is 0.735. The van der Waals surface area contributed by atoms with Crippen LogP contribution in [-0.2, 0) is 9.47 Å². The van der Waals surface area contributed by atoms with Gasteiger partial charge in [0.1, 0.15) is 0 Å². The molecule has 0 bridgehead atoms. The molecule has 1 saturated heterocycles. The summed E-state index contributed by atoms with van der Waals surface area (Å²) in [4.78, 5) is 0. The fourth-order valence-electron chi connectivity index (χ4n) is 1.89. The van der Waals surface area contributed by atoms with Gasteiger partial charge in [-0.05, 0) is 39.0 Å². The molecule has 0 aromatic rings. The van der Waals surface area contributed by atoms with Crippen molar-refractivity contribution in [3.05, 3.63) is 0 Å². The zero-order valence-electron chi connectivity index (χ0n) is 9.24. The zero-order chi connectivity index (χ0) is 10.4. The molecule has 3 nitrogen and oxygen atoms in total. The van der Waals surface area contributed by atoms with Gasteiger partial charge in [0.05, 0.1) is 12.2 Å². The van der Waals surface area contributed by atoms with E-state index in [1.54, 1.807) is 0 Å². The molecule has 0 aliphatic carbocycles. The van der Waals surface area contributed by atoms with Crippen LogP contribution in [0, 0.1) is 5.92 Å². The zero-order valence-corrected chi connectivity index (χ0v) is 9.24. The Kier molecular flexibility index (Phi) is 5.45. The summed E-state index contributed by atoms with van der Waals surface area (Å²) < 4.78 is 10.6. The minimum absolute atomic E-state index is 0.0390. The maximum atomic E-state index is 9.84. The van der Waals surface area contributed by atoms with Crippen LogP contribution in [0.1, 0.15) is 33.1 Å². The lowest BCUT2D eigenvalue weighted by Crippen LogP contribution is -2.30. The standard InChI is InChI=1S/C11H22O3/c1-3-14-9(2)11(12)8-10-4-6-13-7-5-10/h9-12H,3-8H2,1-2H3. The van der Waals surface area contributed by atoms with Crippen LogP contribution in [0.4, 0.5) is 0 Å². The van der Waals surface area contributed by atoms with Crippen LogP contribution in [0.3, 0.4) is 0 Å². The summed E-state index contributed by atoms with van der Waals surface area (Å²) in [6.07, 6.45) is 2.65. The van der Waals surface area contributed by atoms with Gasteiger partial charge in [0.15, 0.2) is 0 Å². The molecular formula is C11H22O3. The lowest BCUT2D eigenvalue weighted by atomic mass is 9.92. The Hall–Kier alpha value is -0.120. The third kappa shape index (κ3) is 3.95. The second-order valence-corrected chi connectivity index (χ2v) is 4.02. The highest BCUT2D eigenvalue weighted by Crippen LogP contribution is 2.21. The van der Waals surface area contributed by atoms with Gasteiger partial charge in [-0.25, -0.2) is 0 Å². The van der Waals surface area contributed by atoms with E-state index in [9.17, 15) is 5.11 Å². The van der Waals surface area contributed by atoms with Crippen molar-refractivity contribution in [1.82, 2.24) is 0 Å². The fraction of sp³-hybridized carbons (Fsp3) is 1.00. The summed E-state index contributed by atoms with van der Waals surface area (Å²) in [5, 5.41) is 9.84. The predicted molar refractivity (Wildman–Crippen MR) is 55.3 cm³/mol. The third-order valence-corrected chi connectivity index (χ3v) is 2.89. The maximum Gasteiger partial charge on any atom is 0.0805 e. The summed E-state index contributed by atoms with van der Waals surface area (Å²) in [7, 11) is 0. The van der Waals surface area contributed by atoms with Gasteiger partial charge < -0.3 is 14.6 Å². The molecule has 0 aromatic carbocycles. The first-order valence-electron chi connectivity index (χ1n) is 5.61. The second-order valence-electron chi connectivity index (χ2n) is 4.02. The number of aliphatic hydroxyl groups is 1. The predicted octanol–water partition coefficient (Wildman–Crippen LogP) is 1.59. The average molecular weight is 202 g/mol. The number of ether oxygens (including phenoxy) is 2. The topological polar surface area (TPSA) is 38.7 Å². The lowest BCUT2D eigenvalue weighted by Gasteiger charge is -2.26. The van der Waals surface area contributed by atoms with E-state index in [0.717, 1.165) is 32.5 Å². The van der Waals surface area contributed by atoms with Gasteiger partial charge in [0.25, 0.3) is 0 Å². The molecule has 0 spiro atoms. The molecule has 1 aliphatic rings. The Morgan fingerprint density at radius 1 is 1.43 bits per heavy atom. The number of hydrogen-bond donors (Lipinski definition) is 1. The van der Waals surface area contributed by atoms with Gasteiger partial charge in [0.2, 0.25) is 0 Å². The molecule has 1 heterocycles. The van der Waals surface area contributed by atoms with Crippen molar-refractivity contribution >= 4 is 0 Å². The Morgan fingerprint density at radius 3 is 2.64 bits per heavy atom. The van der Waals surface area contributed by atoms with Gasteiger partial charge in [-0.15, -0.1) is 0 Å². The Morgan fingerprint density at radius 2 is 2.07 bits per heavy atom. The van der Waals surface area contributed by atoms with Crippen LogP contribution in [0.25, 0.3) is 0 Å². The summed E-state index contributed by atoms with van der Waals surface area (Å²) in [6.45, 7) is 6.26. The second kappa shape index (κ2) is 6.38. The first-order valence-corrected chi connectivity index (χ1v) is 5.61. The van der Waals surface area contributed by atoms with E-state index in [-0.39, 0.29) is 12.2 Å². The van der Waals surface area contributed by atoms with Crippen LogP contribution in [-0.4, -0.2) is 37.1 Å². The Labute approximate surface area is 86.4 Å². The fourth-order valence-corrected chi connectivity index (χ4v) is 1.89. The van der Waals surface area contributed by atoms with Gasteiger partial charge in [-0.3, -0.25) is 0 Å². The van der Waals surface area contributed by atoms with Crippen LogP contribution < -0.4 is 0 Å². The van der Waals surface area contributed by atoms with Crippen LogP contribution in [0.15, 0.2) is 0 Å². The summed E-state index contributed by atoms with van der Waals surface area (Å²) in [5.74, 6) is 0.613. The van der Waals surface area contributed by atoms with Crippen molar-refractivity contribution < 1.29 is 14.6 Å². The van der Waals surface area contributed by atoms with Crippen molar-refractivity contribution in [3.63, 3.8) is 0 Å². The molecule has 0 aromatic heterocycles. The highest BCUT2D eigenvalue weighted by atomic mass is 16.5. The van der Waals surface area contributed by atoms with Gasteiger partial charge in [-0.2, -0.15) is 0 Å². The molecule has 1 fully saturated rings. The molecule has 3 heteroatoms. The van der Waals surface area contributed by atoms with Crippen LogP contribution in [0.5, 0.6) is 0 Å². The van der Waals surface area contributed by atoms with Crippen molar-refractivity contribution in [2.45, 2.75) is 45.3 Å². The third-order valence-electron chi connectivity index (χ3n) is 2.89. The SMILES string of the molecule is CCOC(C)C(O)CC1CCOCC1. The lowest BCUT2D eigenvalue weighted by molar-refractivity contribution is -0.0404. The molecule has 1 aliphatic heterocycles. The van der Waals surface area contributed by atoms with E-state index in [1.165, 1.54) is 0 Å². The normalized spacial score (nSPS) is 23.4. The molecule has 2 atom stereocenters. The van der Waals surface area contributed by atoms with E-state index in [2.05, 4.69) is 0 Å². The maximum absolute atomic E-state index is 9.84. The highest BCUT2D eigenvalue weighted by molar-refractivity contribution is 4.72. The van der Waals surface area contributed by atoms with Crippen molar-refractivity contribution in [3.8, 4) is 0 Å². The summed E-state index contributed by atoms with van der Waals surface area (Å²) in [6, 6.07) is 0.